The second-order valence-corrected chi connectivity index (χ2v) is 9.69. The van der Waals surface area contributed by atoms with Gasteiger partial charge in [0, 0.05) is 50.4 Å². The lowest BCUT2D eigenvalue weighted by Crippen LogP contribution is -2.45. The quantitative estimate of drug-likeness (QED) is 0.494. The summed E-state index contributed by atoms with van der Waals surface area (Å²) in [6.45, 7) is 2.23. The molecule has 1 saturated carbocycles. The first-order valence-electron chi connectivity index (χ1n) is 12.1. The van der Waals surface area contributed by atoms with Crippen LogP contribution in [-0.4, -0.2) is 56.2 Å². The number of fused-ring (bicyclic) bond motifs is 2. The monoisotopic (exact) mass is 458 g/mol. The SMILES string of the molecule is COc1cc2c(cc1C(=O)N1CCC[C@@H](N)C1)nc(-c1cc3cccnc3n1CC1CC1)n2C. The molecule has 4 heterocycles. The molecule has 8 nitrogen and oxygen atoms in total. The highest BCUT2D eigenvalue weighted by atomic mass is 16.5. The van der Waals surface area contributed by atoms with Crippen molar-refractivity contribution >= 4 is 28.0 Å². The number of aryl methyl sites for hydroxylation is 1. The third-order valence-corrected chi connectivity index (χ3v) is 7.20. The van der Waals surface area contributed by atoms with E-state index >= 15 is 0 Å². The average Bonchev–Trinajstić information content (AvgIpc) is 3.53. The maximum atomic E-state index is 13.4. The number of aromatic nitrogens is 4. The first-order chi connectivity index (χ1) is 16.5. The number of carbonyl (C=O) groups is 1. The number of benzene rings is 1. The number of imidazole rings is 1. The van der Waals surface area contributed by atoms with Crippen molar-refractivity contribution in [3.63, 3.8) is 0 Å². The Hall–Kier alpha value is -3.39. The fourth-order valence-corrected chi connectivity index (χ4v) is 5.16. The van der Waals surface area contributed by atoms with Crippen molar-refractivity contribution in [3.05, 3.63) is 42.1 Å². The molecular formula is C26H30N6O2. The molecule has 0 spiro atoms. The third-order valence-electron chi connectivity index (χ3n) is 7.20. The van der Waals surface area contributed by atoms with Crippen LogP contribution in [0.1, 0.15) is 36.0 Å². The van der Waals surface area contributed by atoms with Crippen molar-refractivity contribution in [2.75, 3.05) is 20.2 Å². The number of nitrogens with two attached hydrogens (primary N) is 1. The molecule has 1 atom stereocenters. The van der Waals surface area contributed by atoms with Gasteiger partial charge in [0.25, 0.3) is 5.91 Å². The second-order valence-electron chi connectivity index (χ2n) is 9.69. The summed E-state index contributed by atoms with van der Waals surface area (Å²) in [5, 5.41) is 1.11. The maximum absolute atomic E-state index is 13.4. The number of carbonyl (C=O) groups excluding carboxylic acids is 1. The van der Waals surface area contributed by atoms with Gasteiger partial charge in [0.2, 0.25) is 0 Å². The minimum Gasteiger partial charge on any atom is -0.496 e. The molecule has 1 aliphatic carbocycles. The van der Waals surface area contributed by atoms with Crippen LogP contribution in [-0.2, 0) is 13.6 Å². The van der Waals surface area contributed by atoms with Gasteiger partial charge in [-0.05, 0) is 55.9 Å². The number of methoxy groups -OCH3 is 1. The van der Waals surface area contributed by atoms with Gasteiger partial charge in [-0.15, -0.1) is 0 Å². The Labute approximate surface area is 198 Å². The van der Waals surface area contributed by atoms with Crippen molar-refractivity contribution in [1.29, 1.82) is 0 Å². The Bertz CT molecular complexity index is 1400. The Morgan fingerprint density at radius 3 is 2.85 bits per heavy atom. The number of likely N-dealkylation sites (tertiary alicyclic amines) is 1. The third kappa shape index (κ3) is 3.53. The average molecular weight is 459 g/mol. The van der Waals surface area contributed by atoms with Crippen LogP contribution in [0.2, 0.25) is 0 Å². The minimum absolute atomic E-state index is 0.0240. The molecule has 2 aliphatic rings. The number of hydrogen-bond acceptors (Lipinski definition) is 5. The molecule has 34 heavy (non-hydrogen) atoms. The van der Waals surface area contributed by atoms with Gasteiger partial charge >= 0.3 is 0 Å². The lowest BCUT2D eigenvalue weighted by atomic mass is 10.0. The fourth-order valence-electron chi connectivity index (χ4n) is 5.16. The zero-order chi connectivity index (χ0) is 23.4. The smallest absolute Gasteiger partial charge is 0.257 e. The van der Waals surface area contributed by atoms with Crippen LogP contribution in [0, 0.1) is 5.92 Å². The van der Waals surface area contributed by atoms with Crippen LogP contribution >= 0.6 is 0 Å². The van der Waals surface area contributed by atoms with E-state index in [2.05, 4.69) is 26.3 Å². The first kappa shape index (κ1) is 21.2. The lowest BCUT2D eigenvalue weighted by Gasteiger charge is -2.31. The van der Waals surface area contributed by atoms with Gasteiger partial charge in [0.1, 0.15) is 11.4 Å². The fraction of sp³-hybridized carbons (Fsp3) is 0.423. The van der Waals surface area contributed by atoms with Crippen LogP contribution in [0.15, 0.2) is 36.5 Å². The normalized spacial score (nSPS) is 18.7. The zero-order valence-electron chi connectivity index (χ0n) is 19.7. The van der Waals surface area contributed by atoms with E-state index < -0.39 is 0 Å². The first-order valence-corrected chi connectivity index (χ1v) is 12.1. The van der Waals surface area contributed by atoms with Crippen LogP contribution < -0.4 is 10.5 Å². The summed E-state index contributed by atoms with van der Waals surface area (Å²) in [4.78, 5) is 24.9. The molecule has 176 valence electrons. The molecule has 1 amide bonds. The van der Waals surface area contributed by atoms with Gasteiger partial charge in [-0.25, -0.2) is 9.97 Å². The molecule has 1 saturated heterocycles. The molecule has 4 aromatic rings. The summed E-state index contributed by atoms with van der Waals surface area (Å²) < 4.78 is 10.0. The molecule has 1 aliphatic heterocycles. The van der Waals surface area contributed by atoms with Crippen LogP contribution in [0.4, 0.5) is 0 Å². The van der Waals surface area contributed by atoms with E-state index in [1.54, 1.807) is 7.11 Å². The minimum atomic E-state index is -0.0480. The second kappa shape index (κ2) is 8.13. The van der Waals surface area contributed by atoms with E-state index in [4.69, 9.17) is 15.5 Å². The number of nitrogens with zero attached hydrogens (tertiary/aromatic N) is 5. The molecular weight excluding hydrogens is 428 g/mol. The van der Waals surface area contributed by atoms with Gasteiger partial charge in [-0.3, -0.25) is 4.79 Å². The highest BCUT2D eigenvalue weighted by Gasteiger charge is 2.28. The van der Waals surface area contributed by atoms with Crippen LogP contribution in [0.5, 0.6) is 5.75 Å². The Morgan fingerprint density at radius 1 is 1.24 bits per heavy atom. The van der Waals surface area contributed by atoms with Crippen molar-refractivity contribution in [2.45, 2.75) is 38.3 Å². The van der Waals surface area contributed by atoms with E-state index in [1.165, 1.54) is 12.8 Å². The molecule has 0 bridgehead atoms. The summed E-state index contributed by atoms with van der Waals surface area (Å²) in [5.41, 5.74) is 10.4. The van der Waals surface area contributed by atoms with Crippen LogP contribution in [0.3, 0.4) is 0 Å². The number of pyridine rings is 1. The van der Waals surface area contributed by atoms with E-state index in [0.717, 1.165) is 59.5 Å². The van der Waals surface area contributed by atoms with Gasteiger partial charge in [-0.1, -0.05) is 0 Å². The number of piperidine rings is 1. The Kier molecular flexibility index (Phi) is 5.06. The summed E-state index contributed by atoms with van der Waals surface area (Å²) >= 11 is 0. The molecule has 8 heteroatoms. The highest BCUT2D eigenvalue weighted by Crippen LogP contribution is 2.36. The van der Waals surface area contributed by atoms with Crippen LogP contribution in [0.25, 0.3) is 33.6 Å². The molecule has 2 N–H and O–H groups in total. The standard InChI is InChI=1S/C26H30N6O2/c1-30-21-13-23(34-2)19(26(33)31-10-4-6-18(27)15-31)12-20(21)29-25(30)22-11-17-5-3-9-28-24(17)32(22)14-16-7-8-16/h3,5,9,11-13,16,18H,4,6-8,10,14-15,27H2,1-2H3/t18-/m1/s1. The molecule has 0 radical (unpaired) electrons. The maximum Gasteiger partial charge on any atom is 0.257 e. The molecule has 1 aromatic carbocycles. The highest BCUT2D eigenvalue weighted by molar-refractivity contribution is 6.01. The summed E-state index contributed by atoms with van der Waals surface area (Å²) in [7, 11) is 3.62. The zero-order valence-corrected chi connectivity index (χ0v) is 19.7. The van der Waals surface area contributed by atoms with Gasteiger partial charge in [-0.2, -0.15) is 0 Å². The molecule has 3 aromatic heterocycles. The van der Waals surface area contributed by atoms with Crippen molar-refractivity contribution in [2.24, 2.45) is 18.7 Å². The Balaban J connectivity index is 1.47. The van der Waals surface area contributed by atoms with E-state index in [0.29, 0.717) is 23.8 Å². The number of ether oxygens (including phenoxy) is 1. The Morgan fingerprint density at radius 2 is 2.09 bits per heavy atom. The van der Waals surface area contributed by atoms with Gasteiger partial charge in [0.05, 0.1) is 29.4 Å². The predicted octanol–water partition coefficient (Wildman–Crippen LogP) is 3.57. The van der Waals surface area contributed by atoms with Crippen molar-refractivity contribution < 1.29 is 9.53 Å². The van der Waals surface area contributed by atoms with E-state index in [1.807, 2.05) is 36.3 Å². The van der Waals surface area contributed by atoms with Crippen molar-refractivity contribution in [3.8, 4) is 17.3 Å². The van der Waals surface area contributed by atoms with Crippen molar-refractivity contribution in [1.82, 2.24) is 24.0 Å². The summed E-state index contributed by atoms with van der Waals surface area (Å²) in [6.07, 6.45) is 6.24. The molecule has 6 rings (SSSR count). The molecule has 0 unspecified atom stereocenters. The topological polar surface area (TPSA) is 91.2 Å². The van der Waals surface area contributed by atoms with Gasteiger partial charge in [0.15, 0.2) is 5.82 Å². The number of hydrogen-bond donors (Lipinski definition) is 1. The molecule has 2 fully saturated rings. The van der Waals surface area contributed by atoms with Gasteiger partial charge < -0.3 is 24.5 Å². The number of amides is 1. The van der Waals surface area contributed by atoms with E-state index in [-0.39, 0.29) is 11.9 Å². The lowest BCUT2D eigenvalue weighted by molar-refractivity contribution is 0.0705. The predicted molar refractivity (Wildman–Crippen MR) is 132 cm³/mol. The summed E-state index contributed by atoms with van der Waals surface area (Å²) in [5.74, 6) is 2.08. The number of rotatable bonds is 5. The summed E-state index contributed by atoms with van der Waals surface area (Å²) in [6, 6.07) is 10.1. The largest absolute Gasteiger partial charge is 0.496 e. The van der Waals surface area contributed by atoms with E-state index in [9.17, 15) is 4.79 Å².